The van der Waals surface area contributed by atoms with Crippen LogP contribution in [0, 0.1) is 35.5 Å². The number of hydrogen-bond acceptors (Lipinski definition) is 7. The quantitative estimate of drug-likeness (QED) is 0.296. The van der Waals surface area contributed by atoms with Gasteiger partial charge < -0.3 is 14.9 Å². The Kier molecular flexibility index (Phi) is 8.90. The van der Waals surface area contributed by atoms with E-state index in [4.69, 9.17) is 4.74 Å². The average Bonchev–Trinajstić information content (AvgIpc) is 2.81. The molecule has 0 amide bonds. The number of aliphatic hydroxyl groups excluding tert-OH is 2. The highest BCUT2D eigenvalue weighted by molar-refractivity contribution is 6.51. The molecular weight excluding hydrogens is 460 g/mol. The van der Waals surface area contributed by atoms with E-state index in [9.17, 15) is 29.4 Å². The van der Waals surface area contributed by atoms with Crippen molar-refractivity contribution in [2.24, 2.45) is 35.5 Å². The molecule has 0 aromatic carbocycles. The fourth-order valence-corrected chi connectivity index (χ4v) is 6.31. The molecule has 10 atom stereocenters. The van der Waals surface area contributed by atoms with Crippen molar-refractivity contribution in [3.8, 4) is 0 Å². The molecule has 0 aromatic rings. The van der Waals surface area contributed by atoms with Crippen molar-refractivity contribution >= 4 is 23.1 Å². The number of ketones is 4. The van der Waals surface area contributed by atoms with Gasteiger partial charge in [-0.25, -0.2) is 0 Å². The van der Waals surface area contributed by atoms with Crippen LogP contribution in [0.25, 0.3) is 0 Å². The van der Waals surface area contributed by atoms with Gasteiger partial charge in [-0.1, -0.05) is 46.3 Å². The maximum Gasteiger partial charge on any atom is 0.228 e. The Morgan fingerprint density at radius 2 is 1.50 bits per heavy atom. The number of carbonyl (C=O) groups is 4. The van der Waals surface area contributed by atoms with E-state index in [0.717, 1.165) is 12.8 Å². The number of rotatable bonds is 0. The van der Waals surface area contributed by atoms with Gasteiger partial charge in [-0.3, -0.25) is 19.2 Å². The number of ether oxygens (including phenoxy) is 1. The lowest BCUT2D eigenvalue weighted by Crippen LogP contribution is -2.54. The van der Waals surface area contributed by atoms with Crippen LogP contribution in [-0.4, -0.2) is 57.8 Å². The molecular formula is C29H42O7. The summed E-state index contributed by atoms with van der Waals surface area (Å²) in [6.07, 6.45) is 0.827. The molecule has 2 aliphatic heterocycles. The Hall–Kier alpha value is -1.96. The van der Waals surface area contributed by atoms with Crippen molar-refractivity contribution < 1.29 is 34.1 Å². The van der Waals surface area contributed by atoms with Crippen LogP contribution in [0.2, 0.25) is 0 Å². The van der Waals surface area contributed by atoms with Gasteiger partial charge in [0.2, 0.25) is 11.6 Å². The molecule has 2 heterocycles. The van der Waals surface area contributed by atoms with E-state index in [0.29, 0.717) is 12.8 Å². The van der Waals surface area contributed by atoms with E-state index in [1.165, 1.54) is 12.5 Å². The normalized spacial score (nSPS) is 43.2. The Labute approximate surface area is 214 Å². The predicted molar refractivity (Wildman–Crippen MR) is 135 cm³/mol. The molecule has 2 unspecified atom stereocenters. The standard InChI is InChI=1S/C29H42O7/c1-13-8-9-20-17(5)24(31)19(7)29(36-20)22-21(25(32)18(6)26(33)28(22)35)27(34)23(30)16(4)12-15(3)11-14(2)10-13/h10,13,15-20,24,27,29,31,34H,8-9,11-12H2,1-7H3/b14-10+/t13-,15+,16-,17-,18?,19+,20+,24-,27?,29+/m0/s1. The predicted octanol–water partition coefficient (Wildman–Crippen LogP) is 3.40. The molecule has 1 fully saturated rings. The molecule has 200 valence electrons. The van der Waals surface area contributed by atoms with E-state index in [1.54, 1.807) is 13.8 Å². The van der Waals surface area contributed by atoms with Gasteiger partial charge in [-0.05, 0) is 51.4 Å². The van der Waals surface area contributed by atoms with E-state index in [-0.39, 0.29) is 28.9 Å². The number of hydrogen-bond donors (Lipinski definition) is 2. The van der Waals surface area contributed by atoms with Gasteiger partial charge in [0, 0.05) is 28.9 Å². The van der Waals surface area contributed by atoms with Crippen LogP contribution in [0.3, 0.4) is 0 Å². The van der Waals surface area contributed by atoms with Gasteiger partial charge in [0.25, 0.3) is 0 Å². The summed E-state index contributed by atoms with van der Waals surface area (Å²) in [5.74, 6) is -5.26. The lowest BCUT2D eigenvalue weighted by atomic mass is 9.71. The largest absolute Gasteiger partial charge is 0.392 e. The molecule has 3 aliphatic rings. The molecule has 0 spiro atoms. The summed E-state index contributed by atoms with van der Waals surface area (Å²) in [5, 5.41) is 22.3. The van der Waals surface area contributed by atoms with Crippen LogP contribution in [0.1, 0.15) is 74.1 Å². The molecule has 0 aromatic heterocycles. The summed E-state index contributed by atoms with van der Waals surface area (Å²) in [4.78, 5) is 52.7. The van der Waals surface area contributed by atoms with Crippen LogP contribution < -0.4 is 0 Å². The third-order valence-electron chi connectivity index (χ3n) is 8.49. The summed E-state index contributed by atoms with van der Waals surface area (Å²) in [7, 11) is 0. The summed E-state index contributed by atoms with van der Waals surface area (Å²) in [6.45, 7) is 12.9. The highest BCUT2D eigenvalue weighted by Crippen LogP contribution is 2.40. The second-order valence-electron chi connectivity index (χ2n) is 11.7. The van der Waals surface area contributed by atoms with Gasteiger partial charge in [0.1, 0.15) is 6.10 Å². The van der Waals surface area contributed by atoms with E-state index >= 15 is 0 Å². The van der Waals surface area contributed by atoms with Crippen molar-refractivity contribution in [3.63, 3.8) is 0 Å². The van der Waals surface area contributed by atoms with Gasteiger partial charge in [-0.2, -0.15) is 0 Å². The Morgan fingerprint density at radius 3 is 2.14 bits per heavy atom. The van der Waals surface area contributed by atoms with Gasteiger partial charge >= 0.3 is 0 Å². The molecule has 3 rings (SSSR count). The van der Waals surface area contributed by atoms with Crippen molar-refractivity contribution in [1.82, 2.24) is 0 Å². The third-order valence-corrected chi connectivity index (χ3v) is 8.49. The second-order valence-corrected chi connectivity index (χ2v) is 11.7. The summed E-state index contributed by atoms with van der Waals surface area (Å²) >= 11 is 0. The SMILES string of the molecule is C/C1=C\[C@@H](C)CC[C@H]2O[C@@H](C3=C(C(=O)C(C)C(=O)C3=O)C(O)C(=O)[C@@H](C)C[C@H](C)C1)[C@H](C)[C@@H](O)[C@H]2C. The van der Waals surface area contributed by atoms with Crippen LogP contribution in [0.15, 0.2) is 22.8 Å². The maximum atomic E-state index is 13.3. The number of allylic oxidation sites excluding steroid dienone is 2. The zero-order valence-corrected chi connectivity index (χ0v) is 22.6. The first-order valence-corrected chi connectivity index (χ1v) is 13.4. The lowest BCUT2D eigenvalue weighted by Gasteiger charge is -2.45. The zero-order valence-electron chi connectivity index (χ0n) is 22.6. The van der Waals surface area contributed by atoms with E-state index < -0.39 is 65.3 Å². The van der Waals surface area contributed by atoms with E-state index in [1.807, 2.05) is 6.92 Å². The Morgan fingerprint density at radius 1 is 0.861 bits per heavy atom. The molecule has 2 N–H and O–H groups in total. The van der Waals surface area contributed by atoms with Gasteiger partial charge in [0.15, 0.2) is 11.6 Å². The zero-order chi connectivity index (χ0) is 27.1. The van der Waals surface area contributed by atoms with Crippen molar-refractivity contribution in [3.05, 3.63) is 22.8 Å². The third kappa shape index (κ3) is 5.48. The number of Topliss-reactive ketones (excluding diaryl/α,β-unsaturated/α-hetero) is 4. The van der Waals surface area contributed by atoms with Crippen LogP contribution in [-0.2, 0) is 23.9 Å². The summed E-state index contributed by atoms with van der Waals surface area (Å²) in [5.41, 5.74) is 0.658. The molecule has 7 nitrogen and oxygen atoms in total. The highest BCUT2D eigenvalue weighted by Gasteiger charge is 2.51. The lowest BCUT2D eigenvalue weighted by molar-refractivity contribution is -0.160. The Balaban J connectivity index is 2.17. The fourth-order valence-electron chi connectivity index (χ4n) is 6.31. The second kappa shape index (κ2) is 11.2. The first-order valence-electron chi connectivity index (χ1n) is 13.4. The van der Waals surface area contributed by atoms with Gasteiger partial charge in [-0.15, -0.1) is 0 Å². The molecule has 0 saturated carbocycles. The molecule has 36 heavy (non-hydrogen) atoms. The van der Waals surface area contributed by atoms with Crippen molar-refractivity contribution in [1.29, 1.82) is 0 Å². The van der Waals surface area contributed by atoms with Crippen LogP contribution in [0.4, 0.5) is 0 Å². The van der Waals surface area contributed by atoms with Crippen molar-refractivity contribution in [2.75, 3.05) is 0 Å². The van der Waals surface area contributed by atoms with Crippen LogP contribution in [0.5, 0.6) is 0 Å². The summed E-state index contributed by atoms with van der Waals surface area (Å²) in [6, 6.07) is 0. The van der Waals surface area contributed by atoms with E-state index in [2.05, 4.69) is 26.8 Å². The smallest absolute Gasteiger partial charge is 0.228 e. The molecule has 7 heteroatoms. The molecule has 0 radical (unpaired) electrons. The minimum atomic E-state index is -1.83. The maximum absolute atomic E-state index is 13.3. The summed E-state index contributed by atoms with van der Waals surface area (Å²) < 4.78 is 6.37. The minimum absolute atomic E-state index is 0.183. The number of aliphatic hydroxyl groups is 2. The minimum Gasteiger partial charge on any atom is -0.392 e. The number of carbonyl (C=O) groups excluding carboxylic acids is 4. The first kappa shape index (κ1) is 28.6. The fraction of sp³-hybridized carbons (Fsp3) is 0.724. The van der Waals surface area contributed by atoms with Gasteiger partial charge in [0.05, 0.1) is 24.2 Å². The van der Waals surface area contributed by atoms with Crippen LogP contribution >= 0.6 is 0 Å². The molecule has 1 aliphatic carbocycles. The number of fused-ring (bicyclic) bond motifs is 3. The molecule has 2 bridgehead atoms. The highest BCUT2D eigenvalue weighted by atomic mass is 16.5. The average molecular weight is 503 g/mol. The molecule has 1 saturated heterocycles. The topological polar surface area (TPSA) is 118 Å². The Bertz CT molecular complexity index is 976. The van der Waals surface area contributed by atoms with Crippen molar-refractivity contribution in [2.45, 2.75) is 98.6 Å². The first-order chi connectivity index (χ1) is 16.8. The monoisotopic (exact) mass is 502 g/mol.